The summed E-state index contributed by atoms with van der Waals surface area (Å²) in [6.07, 6.45) is 15.3. The Morgan fingerprint density at radius 3 is 1.20 bits per heavy atom. The number of nitrogens with one attached hydrogen (secondary N) is 7. The molecular formula is C87H80BCl3F8I3K2N17O17S4. The van der Waals surface area contributed by atoms with Crippen LogP contribution in [0.3, 0.4) is 0 Å². The zero-order chi connectivity index (χ0) is 102. The Balaban J connectivity index is 0.000000215. The molecular weight excluding hydrogens is 2410 g/mol. The SMILES string of the molecule is CC#N.Nc1ccc(F)c(C(=O)c2c[nH]c3ncc(I)cc23)c1F.O=C(c1c(F)ccc(NS(=O)(=O)N2CCCC2)c1F)C1CNc2ncc(I)cc21.O=C(c1c(F)ccc(NS(=O)(=O)N2CCCC2)c1F)C1CNc2ncc(I)cc21.O=C(c1c(F)ccc(NS(=O)(=O)N2CCCC2)c1F)c1c[nH]c2ncc(-c3ccc(Cl)cc3)cc12.O=CO[O-].O=S(=O)(Cl)N1CCCC1.OB(O)c1ccc(Cl)cc1.[H-].[K+].[K+]. The van der Waals surface area contributed by atoms with Gasteiger partial charge in [-0.2, -0.15) is 56.2 Å². The van der Waals surface area contributed by atoms with Crippen LogP contribution in [0.5, 0.6) is 0 Å². The van der Waals surface area contributed by atoms with Crippen LogP contribution in [-0.4, -0.2) is 193 Å². The molecule has 34 nitrogen and oxygen atoms in total. The second kappa shape index (κ2) is 53.6. The van der Waals surface area contributed by atoms with Crippen LogP contribution in [0.4, 0.5) is 69.5 Å². The molecule has 0 aliphatic carbocycles. The molecule has 6 aliphatic heterocycles. The van der Waals surface area contributed by atoms with E-state index in [4.69, 9.17) is 65.0 Å². The van der Waals surface area contributed by atoms with Crippen LogP contribution in [0.1, 0.15) is 135 Å². The number of Topliss-reactive ketones (excluding diaryl/α,β-unsaturated/α-hetero) is 2. The van der Waals surface area contributed by atoms with Gasteiger partial charge in [0.25, 0.3) is 15.7 Å². The first-order valence-electron chi connectivity index (χ1n) is 41.6. The minimum Gasteiger partial charge on any atom is -1.00 e. The molecule has 6 aliphatic rings. The molecule has 142 heavy (non-hydrogen) atoms. The number of carbonyl (C=O) groups excluding carboxylic acids is 5. The van der Waals surface area contributed by atoms with Crippen LogP contribution >= 0.6 is 102 Å². The van der Waals surface area contributed by atoms with Crippen LogP contribution in [-0.2, 0) is 49.5 Å². The molecule has 12 heterocycles. The number of anilines is 6. The molecule has 4 fully saturated rings. The molecule has 0 spiro atoms. The van der Waals surface area contributed by atoms with Gasteiger partial charge in [-0.25, -0.2) is 55.1 Å². The molecule has 6 aromatic carbocycles. The number of halogens is 14. The number of hydrogen-bond donors (Lipinski definition) is 10. The number of aromatic nitrogens is 6. The molecule has 12 aromatic rings. The second-order valence-corrected chi connectivity index (χ2v) is 42.9. The van der Waals surface area contributed by atoms with E-state index in [0.717, 1.165) is 103 Å². The van der Waals surface area contributed by atoms with Crippen molar-refractivity contribution in [2.75, 3.05) is 96.0 Å². The van der Waals surface area contributed by atoms with Crippen molar-refractivity contribution in [2.45, 2.75) is 70.1 Å². The monoisotopic (exact) mass is 2490 g/mol. The Labute approximate surface area is 950 Å². The molecule has 2 unspecified atom stereocenters. The number of benzene rings is 6. The topological polar surface area (TPSA) is 501 Å². The summed E-state index contributed by atoms with van der Waals surface area (Å²) in [6.45, 7) is 4.69. The zero-order valence-electron chi connectivity index (χ0n) is 75.6. The number of carbonyl (C=O) groups is 5. The van der Waals surface area contributed by atoms with Crippen molar-refractivity contribution in [3.05, 3.63) is 270 Å². The number of hydrogen-bond acceptors (Lipinski definition) is 25. The van der Waals surface area contributed by atoms with Gasteiger partial charge >= 0.3 is 141 Å². The molecule has 0 bridgehead atoms. The average molecular weight is 2490 g/mol. The molecule has 742 valence electrons. The van der Waals surface area contributed by atoms with Crippen molar-refractivity contribution in [1.82, 2.24) is 47.1 Å². The maximum atomic E-state index is 15.3. The molecule has 55 heteroatoms. The fourth-order valence-electron chi connectivity index (χ4n) is 14.9. The van der Waals surface area contributed by atoms with Gasteiger partial charge in [-0.05, 0) is 227 Å². The molecule has 0 amide bonds. The number of nitrogens with zero attached hydrogens (tertiary/aromatic N) is 9. The molecule has 0 saturated carbocycles. The van der Waals surface area contributed by atoms with E-state index in [1.54, 1.807) is 104 Å². The number of H-pyrrole nitrogens is 2. The van der Waals surface area contributed by atoms with Gasteiger partial charge in [0, 0.05) is 180 Å². The number of nitrogen functional groups attached to an aromatic ring is 1. The summed E-state index contributed by atoms with van der Waals surface area (Å²) in [5, 5.41) is 40.9. The normalized spacial score (nSPS) is 15.3. The number of nitrogens with two attached hydrogens (primary N) is 1. The fraction of sp³-hybridized carbons (Fsp3) is 0.241. The Morgan fingerprint density at radius 1 is 0.507 bits per heavy atom. The summed E-state index contributed by atoms with van der Waals surface area (Å²) in [5.41, 5.74) is 4.72. The number of ketones is 4. The van der Waals surface area contributed by atoms with Gasteiger partial charge in [0.2, 0.25) is 11.6 Å². The molecule has 6 aromatic heterocycles. The maximum Gasteiger partial charge on any atom is 1.00 e. The zero-order valence-corrected chi connectivity index (χ0v) is 92.8. The predicted octanol–water partition coefficient (Wildman–Crippen LogP) is 8.29. The van der Waals surface area contributed by atoms with E-state index < -0.39 is 168 Å². The van der Waals surface area contributed by atoms with Crippen LogP contribution in [0, 0.1) is 68.6 Å². The first-order valence-corrected chi connectivity index (χ1v) is 52.2. The quantitative estimate of drug-likeness (QED) is 0.00372. The fourth-order valence-corrected chi connectivity index (χ4v) is 21.5. The Hall–Kier alpha value is -7.20. The Bertz CT molecular complexity index is 7020. The maximum absolute atomic E-state index is 15.3. The van der Waals surface area contributed by atoms with Gasteiger partial charge in [-0.15, -0.1) is 0 Å². The van der Waals surface area contributed by atoms with Crippen LogP contribution < -0.4 is 144 Å². The molecule has 4 saturated heterocycles. The van der Waals surface area contributed by atoms with E-state index >= 15 is 13.2 Å². The minimum atomic E-state index is -4.03. The number of fused-ring (bicyclic) bond motifs is 4. The third-order valence-corrected chi connectivity index (χ3v) is 30.1. The molecule has 2 atom stereocenters. The number of pyridine rings is 4. The van der Waals surface area contributed by atoms with Gasteiger partial charge in [0.15, 0.2) is 34.8 Å². The van der Waals surface area contributed by atoms with E-state index in [-0.39, 0.29) is 141 Å². The molecule has 11 N–H and O–H groups in total. The summed E-state index contributed by atoms with van der Waals surface area (Å²) in [4.78, 5) is 85.4. The van der Waals surface area contributed by atoms with Crippen LogP contribution in [0.15, 0.2) is 159 Å². The number of rotatable bonds is 21. The van der Waals surface area contributed by atoms with Crippen LogP contribution in [0.2, 0.25) is 10.0 Å². The van der Waals surface area contributed by atoms with Gasteiger partial charge < -0.3 is 48.0 Å². The minimum absolute atomic E-state index is 0. The summed E-state index contributed by atoms with van der Waals surface area (Å²) in [5.74, 6) is -12.8. The van der Waals surface area contributed by atoms with Crippen molar-refractivity contribution in [2.24, 2.45) is 0 Å². The standard InChI is InChI=1S/C24H19ClF2N4O3S.2C18H17F2IN4O3S.C14H8F2IN3O.C6H6BClO2.C4H8ClNO2S.C2H3N.CH2O3.2K.H/c25-16-5-3-14(4-6-16)15-11-17-18(13-29-24(17)28-12-15)23(32)21-19(26)7-8-20(22(21)27)30-35(33,34)31-9-1-2-10-31;2*19-13-3-4-14(24-29(27,28)25-5-1-2-6-25)16(20)15(13)17(26)12-9-23-18-11(12)7-10(21)8-22-18;15-9-1-2-10(18)12(16)11(9)13(21)8-5-20-14-7(8)3-6(17)4-19-14;8-6-3-1-5(2-4-6)7(9)10;5-9(7,8)6-3-1-2-4-6;1-2-3;2-1-4-3;;;/h3-8,11-13,30H,1-2,9-10H2,(H,28,29);2*3-4,7-8,12,24H,1-2,5-6,9H2,(H,22,23);1-5H,18H2,(H,19,20);1-4,9-10H;1-4H2;1H3;1,3H;;;/q;;;;;;;;2*+1;-1/p-1. The van der Waals surface area contributed by atoms with Crippen molar-refractivity contribution < 1.29 is 217 Å². The summed E-state index contributed by atoms with van der Waals surface area (Å²) in [7, 11) is -11.8. The van der Waals surface area contributed by atoms with E-state index in [0.29, 0.717) is 131 Å². The summed E-state index contributed by atoms with van der Waals surface area (Å²) in [6, 6.07) is 29.6. The van der Waals surface area contributed by atoms with Crippen molar-refractivity contribution in [3.63, 3.8) is 0 Å². The van der Waals surface area contributed by atoms with Gasteiger partial charge in [0.05, 0.1) is 62.9 Å². The first-order chi connectivity index (χ1) is 66.4. The van der Waals surface area contributed by atoms with Crippen molar-refractivity contribution >= 4 is 240 Å². The smallest absolute Gasteiger partial charge is 1.00 e. The van der Waals surface area contributed by atoms with Gasteiger partial charge in [-0.3, -0.25) is 38.1 Å². The van der Waals surface area contributed by atoms with E-state index in [2.05, 4.69) is 59.6 Å². The van der Waals surface area contributed by atoms with Crippen molar-refractivity contribution in [1.29, 1.82) is 5.26 Å². The Kier molecular flexibility index (Phi) is 44.7. The predicted molar refractivity (Wildman–Crippen MR) is 534 cm³/mol. The molecule has 0 radical (unpaired) electrons. The summed E-state index contributed by atoms with van der Waals surface area (Å²) >= 11 is 17.6. The number of aromatic amines is 2. The van der Waals surface area contributed by atoms with E-state index in [9.17, 15) is 74.8 Å². The first kappa shape index (κ1) is 118. The number of nitriles is 1. The van der Waals surface area contributed by atoms with Gasteiger partial charge in [-0.1, -0.05) is 47.5 Å². The van der Waals surface area contributed by atoms with E-state index in [1.807, 2.05) is 67.8 Å². The third-order valence-electron chi connectivity index (χ3n) is 21.6. The van der Waals surface area contributed by atoms with Crippen molar-refractivity contribution in [3.8, 4) is 17.2 Å². The molecule has 18 rings (SSSR count). The Morgan fingerprint density at radius 2 is 0.831 bits per heavy atom. The second-order valence-electron chi connectivity index (χ2n) is 30.7. The average Bonchev–Trinajstić information content (AvgIpc) is 1.55. The van der Waals surface area contributed by atoms with Crippen LogP contribution in [0.25, 0.3) is 33.2 Å². The largest absolute Gasteiger partial charge is 1.00 e. The van der Waals surface area contributed by atoms with Gasteiger partial charge in [0.1, 0.15) is 46.2 Å². The van der Waals surface area contributed by atoms with E-state index in [1.165, 1.54) is 36.5 Å². The third kappa shape index (κ3) is 30.1. The summed E-state index contributed by atoms with van der Waals surface area (Å²) < 4.78 is 226.